The van der Waals surface area contributed by atoms with Gasteiger partial charge in [-0.05, 0) is 55.2 Å². The number of carbonyl (C=O) groups excluding carboxylic acids is 1. The molecule has 0 N–H and O–H groups in total. The lowest BCUT2D eigenvalue weighted by Gasteiger charge is -2.26. The summed E-state index contributed by atoms with van der Waals surface area (Å²) in [5.41, 5.74) is 1.65. The average molecular weight is 360 g/mol. The number of fused-ring (bicyclic) bond motifs is 1. The van der Waals surface area contributed by atoms with E-state index in [0.717, 1.165) is 30.5 Å². The van der Waals surface area contributed by atoms with E-state index >= 15 is 0 Å². The second-order valence-electron chi connectivity index (χ2n) is 6.44. The van der Waals surface area contributed by atoms with Crippen LogP contribution in [0.15, 0.2) is 45.9 Å². The zero-order valence-electron chi connectivity index (χ0n) is 13.8. The highest BCUT2D eigenvalue weighted by atomic mass is 32.2. The van der Waals surface area contributed by atoms with E-state index in [-0.39, 0.29) is 11.7 Å². The molecule has 0 aliphatic carbocycles. The minimum absolute atomic E-state index is 0.199. The Morgan fingerprint density at radius 2 is 1.84 bits per heavy atom. The van der Waals surface area contributed by atoms with Gasteiger partial charge in [-0.1, -0.05) is 6.42 Å². The Labute approximate surface area is 147 Å². The molecule has 6 nitrogen and oxygen atoms in total. The number of furan rings is 1. The van der Waals surface area contributed by atoms with Crippen molar-refractivity contribution in [1.29, 1.82) is 0 Å². The fourth-order valence-corrected chi connectivity index (χ4v) is 5.11. The maximum Gasteiger partial charge on any atom is 0.293 e. The summed E-state index contributed by atoms with van der Waals surface area (Å²) in [5.74, 6) is 0.0910. The van der Waals surface area contributed by atoms with Crippen LogP contribution in [0.3, 0.4) is 0 Å². The summed E-state index contributed by atoms with van der Waals surface area (Å²) in [6, 6.07) is 8.37. The largest absolute Gasteiger partial charge is 0.459 e. The minimum atomic E-state index is -3.45. The molecule has 3 heterocycles. The lowest BCUT2D eigenvalue weighted by Crippen LogP contribution is -2.35. The predicted octanol–water partition coefficient (Wildman–Crippen LogP) is 2.66. The van der Waals surface area contributed by atoms with Crippen molar-refractivity contribution in [2.45, 2.75) is 30.6 Å². The van der Waals surface area contributed by atoms with Crippen LogP contribution in [0, 0.1) is 0 Å². The Hall–Kier alpha value is -2.12. The first kappa shape index (κ1) is 16.4. The average Bonchev–Trinajstić information content (AvgIpc) is 3.31. The molecule has 2 aliphatic rings. The first-order valence-corrected chi connectivity index (χ1v) is 10.00. The molecular formula is C18H20N2O4S. The first-order chi connectivity index (χ1) is 12.1. The number of amides is 1. The topological polar surface area (TPSA) is 70.8 Å². The highest BCUT2D eigenvalue weighted by Crippen LogP contribution is 2.32. The number of hydrogen-bond acceptors (Lipinski definition) is 4. The molecule has 0 radical (unpaired) electrons. The maximum atomic E-state index is 12.8. The zero-order chi connectivity index (χ0) is 17.4. The number of carbonyl (C=O) groups is 1. The summed E-state index contributed by atoms with van der Waals surface area (Å²) in [5, 5.41) is 0. The Bertz CT molecular complexity index is 884. The van der Waals surface area contributed by atoms with Gasteiger partial charge >= 0.3 is 0 Å². The molecule has 0 bridgehead atoms. The molecule has 4 rings (SSSR count). The summed E-state index contributed by atoms with van der Waals surface area (Å²) in [7, 11) is -3.45. The monoisotopic (exact) mass is 360 g/mol. The summed E-state index contributed by atoms with van der Waals surface area (Å²) < 4.78 is 32.4. The van der Waals surface area contributed by atoms with Crippen LogP contribution in [0.25, 0.3) is 0 Å². The molecule has 1 fully saturated rings. The van der Waals surface area contributed by atoms with Crippen molar-refractivity contribution in [1.82, 2.24) is 4.31 Å². The number of piperidine rings is 1. The number of nitrogens with zero attached hydrogens (tertiary/aromatic N) is 2. The van der Waals surface area contributed by atoms with Crippen LogP contribution in [0.5, 0.6) is 0 Å². The molecule has 2 aromatic rings. The normalized spacial score (nSPS) is 18.3. The predicted molar refractivity (Wildman–Crippen MR) is 93.1 cm³/mol. The van der Waals surface area contributed by atoms with Crippen LogP contribution in [0.4, 0.5) is 5.69 Å². The summed E-state index contributed by atoms with van der Waals surface area (Å²) in [6.45, 7) is 1.70. The Kier molecular flexibility index (Phi) is 4.13. The van der Waals surface area contributed by atoms with Crippen molar-refractivity contribution >= 4 is 21.6 Å². The molecular weight excluding hydrogens is 340 g/mol. The molecule has 25 heavy (non-hydrogen) atoms. The van der Waals surface area contributed by atoms with Gasteiger partial charge in [0, 0.05) is 25.3 Å². The first-order valence-electron chi connectivity index (χ1n) is 8.56. The van der Waals surface area contributed by atoms with Gasteiger partial charge in [0.25, 0.3) is 5.91 Å². The van der Waals surface area contributed by atoms with Crippen LogP contribution < -0.4 is 4.90 Å². The van der Waals surface area contributed by atoms with E-state index < -0.39 is 10.0 Å². The maximum absolute atomic E-state index is 12.8. The third-order valence-electron chi connectivity index (χ3n) is 4.88. The number of hydrogen-bond donors (Lipinski definition) is 0. The van der Waals surface area contributed by atoms with Crippen LogP contribution in [0.1, 0.15) is 35.4 Å². The molecule has 2 aliphatic heterocycles. The molecule has 1 amide bonds. The van der Waals surface area contributed by atoms with Crippen LogP contribution in [-0.4, -0.2) is 38.3 Å². The van der Waals surface area contributed by atoms with Gasteiger partial charge in [-0.3, -0.25) is 4.79 Å². The molecule has 0 atom stereocenters. The second kappa shape index (κ2) is 6.31. The molecule has 0 spiro atoms. The van der Waals surface area contributed by atoms with Crippen LogP contribution in [-0.2, 0) is 16.4 Å². The number of anilines is 1. The molecule has 1 aromatic carbocycles. The summed E-state index contributed by atoms with van der Waals surface area (Å²) in [4.78, 5) is 14.5. The van der Waals surface area contributed by atoms with Gasteiger partial charge < -0.3 is 9.32 Å². The molecule has 7 heteroatoms. The summed E-state index contributed by atoms with van der Waals surface area (Å²) in [6.07, 6.45) is 5.02. The highest BCUT2D eigenvalue weighted by molar-refractivity contribution is 7.89. The van der Waals surface area contributed by atoms with E-state index in [0.29, 0.717) is 31.0 Å². The Morgan fingerprint density at radius 3 is 2.56 bits per heavy atom. The van der Waals surface area contributed by atoms with Crippen molar-refractivity contribution < 1.29 is 17.6 Å². The number of sulfonamides is 1. The van der Waals surface area contributed by atoms with Gasteiger partial charge in [-0.2, -0.15) is 4.31 Å². The smallest absolute Gasteiger partial charge is 0.293 e. The molecule has 0 saturated carbocycles. The van der Waals surface area contributed by atoms with Gasteiger partial charge in [0.05, 0.1) is 11.2 Å². The zero-order valence-corrected chi connectivity index (χ0v) is 14.7. The SMILES string of the molecule is O=C(c1ccco1)N1CCc2cc(S(=O)(=O)N3CCCCC3)ccc21. The van der Waals surface area contributed by atoms with Gasteiger partial charge in [0.15, 0.2) is 5.76 Å². The van der Waals surface area contributed by atoms with Gasteiger partial charge in [-0.25, -0.2) is 8.42 Å². The second-order valence-corrected chi connectivity index (χ2v) is 8.38. The molecule has 1 saturated heterocycles. The van der Waals surface area contributed by atoms with E-state index in [1.807, 2.05) is 0 Å². The molecule has 0 unspecified atom stereocenters. The van der Waals surface area contributed by atoms with Crippen LogP contribution >= 0.6 is 0 Å². The van der Waals surface area contributed by atoms with E-state index in [9.17, 15) is 13.2 Å². The van der Waals surface area contributed by atoms with Crippen molar-refractivity contribution in [2.24, 2.45) is 0 Å². The standard InChI is InChI=1S/C18H20N2O4S/c21-18(17-5-4-12-24-17)20-11-8-14-13-15(6-7-16(14)20)25(22,23)19-9-2-1-3-10-19/h4-7,12-13H,1-3,8-11H2. The third-order valence-corrected chi connectivity index (χ3v) is 6.77. The van der Waals surface area contributed by atoms with Gasteiger partial charge in [0.2, 0.25) is 10.0 Å². The van der Waals surface area contributed by atoms with Gasteiger partial charge in [0.1, 0.15) is 0 Å². The quantitative estimate of drug-likeness (QED) is 0.844. The molecule has 1 aromatic heterocycles. The van der Waals surface area contributed by atoms with Crippen LogP contribution in [0.2, 0.25) is 0 Å². The fourth-order valence-electron chi connectivity index (χ4n) is 3.54. The fraction of sp³-hybridized carbons (Fsp3) is 0.389. The van der Waals surface area contributed by atoms with Gasteiger partial charge in [-0.15, -0.1) is 0 Å². The lowest BCUT2D eigenvalue weighted by molar-refractivity contribution is 0.0963. The van der Waals surface area contributed by atoms with Crippen molar-refractivity contribution in [3.05, 3.63) is 47.9 Å². The van der Waals surface area contributed by atoms with Crippen molar-refractivity contribution in [2.75, 3.05) is 24.5 Å². The highest BCUT2D eigenvalue weighted by Gasteiger charge is 2.31. The van der Waals surface area contributed by atoms with E-state index in [1.165, 1.54) is 6.26 Å². The van der Waals surface area contributed by atoms with E-state index in [2.05, 4.69) is 0 Å². The van der Waals surface area contributed by atoms with E-state index in [4.69, 9.17) is 4.42 Å². The summed E-state index contributed by atoms with van der Waals surface area (Å²) >= 11 is 0. The Balaban J connectivity index is 1.62. The van der Waals surface area contributed by atoms with Crippen molar-refractivity contribution in [3.63, 3.8) is 0 Å². The van der Waals surface area contributed by atoms with Crippen molar-refractivity contribution in [3.8, 4) is 0 Å². The minimum Gasteiger partial charge on any atom is -0.459 e. The Morgan fingerprint density at radius 1 is 1.04 bits per heavy atom. The third kappa shape index (κ3) is 2.87. The van der Waals surface area contributed by atoms with E-state index in [1.54, 1.807) is 39.5 Å². The lowest BCUT2D eigenvalue weighted by atomic mass is 10.2. The molecule has 132 valence electrons. The number of benzene rings is 1. The number of rotatable bonds is 3.